The first-order chi connectivity index (χ1) is 15.4. The number of piperidine rings is 1. The number of carboxylic acids is 1. The van der Waals surface area contributed by atoms with E-state index >= 15 is 0 Å². The Kier molecular flexibility index (Phi) is 6.34. The molecule has 0 bridgehead atoms. The van der Waals surface area contributed by atoms with Crippen LogP contribution >= 0.6 is 0 Å². The Hall–Kier alpha value is -3.10. The van der Waals surface area contributed by atoms with Crippen molar-refractivity contribution in [3.05, 3.63) is 63.1 Å². The number of aromatic nitrogens is 2. The molecule has 0 unspecified atom stereocenters. The van der Waals surface area contributed by atoms with Crippen LogP contribution in [0, 0.1) is 6.92 Å². The maximum Gasteiger partial charge on any atom is 0.335 e. The number of aryl methyl sites for hydroxylation is 1. The first-order valence-electron chi connectivity index (χ1n) is 10.9. The van der Waals surface area contributed by atoms with E-state index in [0.29, 0.717) is 13.2 Å². The van der Waals surface area contributed by atoms with Crippen molar-refractivity contribution in [1.29, 1.82) is 0 Å². The molecule has 8 heteroatoms. The number of carbonyl (C=O) groups is 1. The zero-order valence-electron chi connectivity index (χ0n) is 18.6. The van der Waals surface area contributed by atoms with Gasteiger partial charge in [0.15, 0.2) is 0 Å². The molecule has 2 aromatic carbocycles. The Morgan fingerprint density at radius 1 is 1.22 bits per heavy atom. The quantitative estimate of drug-likeness (QED) is 0.519. The van der Waals surface area contributed by atoms with Crippen molar-refractivity contribution in [3.63, 3.8) is 0 Å². The van der Waals surface area contributed by atoms with Crippen LogP contribution in [-0.2, 0) is 11.3 Å². The van der Waals surface area contributed by atoms with E-state index < -0.39 is 5.97 Å². The lowest BCUT2D eigenvalue weighted by molar-refractivity contribution is -0.0138. The fraction of sp³-hybridized carbons (Fsp3) is 0.417. The molecule has 3 aromatic rings. The van der Waals surface area contributed by atoms with Crippen molar-refractivity contribution in [1.82, 2.24) is 14.9 Å². The molecule has 1 aliphatic rings. The Labute approximate surface area is 186 Å². The number of aromatic amines is 2. The molecule has 1 saturated heterocycles. The number of H-pyrrole nitrogens is 2. The normalized spacial score (nSPS) is 19.3. The molecule has 1 fully saturated rings. The number of carboxylic acid groups (broad SMARTS) is 1. The number of imidazole rings is 1. The van der Waals surface area contributed by atoms with Gasteiger partial charge in [-0.2, -0.15) is 0 Å². The van der Waals surface area contributed by atoms with Gasteiger partial charge in [-0.15, -0.1) is 0 Å². The van der Waals surface area contributed by atoms with Gasteiger partial charge in [-0.25, -0.2) is 9.59 Å². The van der Waals surface area contributed by atoms with Gasteiger partial charge in [-0.05, 0) is 56.0 Å². The fourth-order valence-corrected chi connectivity index (χ4v) is 4.68. The van der Waals surface area contributed by atoms with Crippen LogP contribution in [0.5, 0.6) is 5.75 Å². The lowest BCUT2D eigenvalue weighted by atomic mass is 9.91. The third-order valence-corrected chi connectivity index (χ3v) is 6.26. The molecule has 1 aliphatic heterocycles. The minimum absolute atomic E-state index is 0.0508. The Balaban J connectivity index is 1.72. The lowest BCUT2D eigenvalue weighted by Gasteiger charge is -2.40. The Bertz CT molecular complexity index is 1160. The molecular weight excluding hydrogens is 410 g/mol. The average molecular weight is 440 g/mol. The van der Waals surface area contributed by atoms with Crippen molar-refractivity contribution in [2.75, 3.05) is 20.3 Å². The topological polar surface area (TPSA) is 108 Å². The average Bonchev–Trinajstić information content (AvgIpc) is 3.19. The van der Waals surface area contributed by atoms with Crippen molar-refractivity contribution < 1.29 is 19.4 Å². The summed E-state index contributed by atoms with van der Waals surface area (Å²) in [5, 5.41) is 9.25. The number of fused-ring (bicyclic) bond motifs is 1. The number of ether oxygens (including phenoxy) is 2. The summed E-state index contributed by atoms with van der Waals surface area (Å²) in [5.74, 6) is -0.204. The third kappa shape index (κ3) is 4.28. The minimum atomic E-state index is -0.938. The second-order valence-corrected chi connectivity index (χ2v) is 8.22. The van der Waals surface area contributed by atoms with Gasteiger partial charge in [0.05, 0.1) is 29.8 Å². The molecule has 0 aliphatic carbocycles. The molecule has 0 saturated carbocycles. The molecular formula is C24H29N3O5. The molecule has 1 aromatic heterocycles. The van der Waals surface area contributed by atoms with E-state index in [1.807, 2.05) is 32.0 Å². The van der Waals surface area contributed by atoms with E-state index in [9.17, 15) is 14.7 Å². The van der Waals surface area contributed by atoms with Crippen molar-refractivity contribution in [2.24, 2.45) is 0 Å². The smallest absolute Gasteiger partial charge is 0.335 e. The van der Waals surface area contributed by atoms with Crippen LogP contribution in [0.3, 0.4) is 0 Å². The van der Waals surface area contributed by atoms with Gasteiger partial charge < -0.3 is 24.5 Å². The van der Waals surface area contributed by atoms with E-state index in [-0.39, 0.29) is 23.4 Å². The highest BCUT2D eigenvalue weighted by Gasteiger charge is 2.31. The molecule has 2 atom stereocenters. The van der Waals surface area contributed by atoms with Gasteiger partial charge >= 0.3 is 11.7 Å². The van der Waals surface area contributed by atoms with Gasteiger partial charge in [0, 0.05) is 31.3 Å². The monoisotopic (exact) mass is 439 g/mol. The molecule has 170 valence electrons. The summed E-state index contributed by atoms with van der Waals surface area (Å²) in [7, 11) is 1.64. The van der Waals surface area contributed by atoms with Crippen LogP contribution in [0.4, 0.5) is 0 Å². The molecule has 0 spiro atoms. The zero-order chi connectivity index (χ0) is 22.8. The number of rotatable bonds is 7. The van der Waals surface area contributed by atoms with E-state index in [0.717, 1.165) is 52.9 Å². The molecule has 0 radical (unpaired) electrons. The highest BCUT2D eigenvalue weighted by Crippen LogP contribution is 2.37. The first-order valence-corrected chi connectivity index (χ1v) is 10.9. The zero-order valence-corrected chi connectivity index (χ0v) is 18.6. The lowest BCUT2D eigenvalue weighted by Crippen LogP contribution is -2.39. The van der Waals surface area contributed by atoms with Crippen LogP contribution < -0.4 is 10.4 Å². The summed E-state index contributed by atoms with van der Waals surface area (Å²) in [4.78, 5) is 31.5. The van der Waals surface area contributed by atoms with Gasteiger partial charge in [0.1, 0.15) is 5.75 Å². The van der Waals surface area contributed by atoms with Crippen LogP contribution in [-0.4, -0.2) is 52.3 Å². The number of methoxy groups -OCH3 is 1. The van der Waals surface area contributed by atoms with Crippen molar-refractivity contribution in [2.45, 2.75) is 45.4 Å². The predicted molar refractivity (Wildman–Crippen MR) is 121 cm³/mol. The van der Waals surface area contributed by atoms with Crippen LogP contribution in [0.25, 0.3) is 11.0 Å². The van der Waals surface area contributed by atoms with E-state index in [2.05, 4.69) is 14.9 Å². The van der Waals surface area contributed by atoms with E-state index in [4.69, 9.17) is 9.47 Å². The summed E-state index contributed by atoms with van der Waals surface area (Å²) in [6.07, 6.45) is 1.85. The highest BCUT2D eigenvalue weighted by atomic mass is 16.5. The van der Waals surface area contributed by atoms with Gasteiger partial charge in [-0.1, -0.05) is 12.1 Å². The number of benzene rings is 2. The number of nitrogens with one attached hydrogen (secondary N) is 2. The SMILES string of the molecule is CCO[C@H]1CCN(Cc2c(OC)cc(C)c3[nH]c(=O)[nH]c23)[C@H](c2ccc(C(=O)O)cc2)C1. The summed E-state index contributed by atoms with van der Waals surface area (Å²) in [6.45, 7) is 5.99. The Morgan fingerprint density at radius 2 is 1.94 bits per heavy atom. The Morgan fingerprint density at radius 3 is 2.59 bits per heavy atom. The van der Waals surface area contributed by atoms with Crippen molar-refractivity contribution in [3.8, 4) is 5.75 Å². The van der Waals surface area contributed by atoms with Crippen LogP contribution in [0.1, 0.15) is 52.9 Å². The van der Waals surface area contributed by atoms with Gasteiger partial charge in [0.25, 0.3) is 0 Å². The summed E-state index contributed by atoms with van der Waals surface area (Å²) >= 11 is 0. The fourth-order valence-electron chi connectivity index (χ4n) is 4.68. The third-order valence-electron chi connectivity index (χ3n) is 6.26. The molecule has 2 heterocycles. The summed E-state index contributed by atoms with van der Waals surface area (Å²) < 4.78 is 11.6. The minimum Gasteiger partial charge on any atom is -0.496 e. The van der Waals surface area contributed by atoms with E-state index in [1.165, 1.54) is 0 Å². The highest BCUT2D eigenvalue weighted by molar-refractivity contribution is 5.87. The molecule has 8 nitrogen and oxygen atoms in total. The second-order valence-electron chi connectivity index (χ2n) is 8.22. The maximum absolute atomic E-state index is 12.0. The molecule has 0 amide bonds. The maximum atomic E-state index is 12.0. The van der Waals surface area contributed by atoms with Gasteiger partial charge in [0.2, 0.25) is 0 Å². The predicted octanol–water partition coefficient (Wildman–Crippen LogP) is 3.61. The molecule has 3 N–H and O–H groups in total. The van der Waals surface area contributed by atoms with Crippen molar-refractivity contribution >= 4 is 17.0 Å². The number of hydrogen-bond donors (Lipinski definition) is 3. The number of hydrogen-bond acceptors (Lipinski definition) is 5. The summed E-state index contributed by atoms with van der Waals surface area (Å²) in [6, 6.07) is 9.06. The number of likely N-dealkylation sites (tertiary alicyclic amines) is 1. The second kappa shape index (κ2) is 9.18. The van der Waals surface area contributed by atoms with Gasteiger partial charge in [-0.3, -0.25) is 4.90 Å². The largest absolute Gasteiger partial charge is 0.496 e. The summed E-state index contributed by atoms with van der Waals surface area (Å²) in [5.41, 5.74) is 4.49. The molecule has 32 heavy (non-hydrogen) atoms. The number of aromatic carboxylic acids is 1. The van der Waals surface area contributed by atoms with Crippen LogP contribution in [0.2, 0.25) is 0 Å². The standard InChI is InChI=1S/C24H29N3O5/c1-4-32-17-9-10-27(19(12-17)15-5-7-16(8-6-15)23(28)29)13-18-20(31-3)11-14(2)21-22(18)26-24(30)25-21/h5-8,11,17,19H,4,9-10,12-13H2,1-3H3,(H,28,29)(H2,25,26,30)/t17-,19-/m0/s1. The number of nitrogens with zero attached hydrogens (tertiary/aromatic N) is 1. The van der Waals surface area contributed by atoms with Crippen LogP contribution in [0.15, 0.2) is 35.1 Å². The van der Waals surface area contributed by atoms with E-state index in [1.54, 1.807) is 19.2 Å². The molecule has 4 rings (SSSR count). The first kappa shape index (κ1) is 22.1.